The molecule has 32 heavy (non-hydrogen) atoms. The third kappa shape index (κ3) is 7.32. The molecular weight excluding hydrogens is 413 g/mol. The molecule has 3 rings (SSSR count). The zero-order chi connectivity index (χ0) is 22.8. The van der Waals surface area contributed by atoms with Crippen LogP contribution >= 0.6 is 0 Å². The van der Waals surface area contributed by atoms with E-state index in [-0.39, 0.29) is 11.8 Å². The predicted molar refractivity (Wildman–Crippen MR) is 120 cm³/mol. The number of rotatable bonds is 9. The Morgan fingerprint density at radius 1 is 1.09 bits per heavy atom. The van der Waals surface area contributed by atoms with Gasteiger partial charge in [-0.25, -0.2) is 14.0 Å². The summed E-state index contributed by atoms with van der Waals surface area (Å²) in [5.74, 6) is -0.704. The lowest BCUT2D eigenvalue weighted by Gasteiger charge is -2.28. The zero-order valence-corrected chi connectivity index (χ0v) is 18.4. The number of ether oxygens (including phenoxy) is 2. The minimum absolute atomic E-state index is 0.250. The molecule has 0 saturated carbocycles. The number of nitrogens with one attached hydrogen (secondary N) is 1. The van der Waals surface area contributed by atoms with Gasteiger partial charge in [-0.1, -0.05) is 12.1 Å². The number of carbonyl (C=O) groups is 2. The van der Waals surface area contributed by atoms with Gasteiger partial charge in [0, 0.05) is 38.4 Å². The van der Waals surface area contributed by atoms with Crippen LogP contribution in [0.1, 0.15) is 29.3 Å². The number of esters is 1. The first kappa shape index (κ1) is 23.7. The standard InChI is InChI=1S/C24H30FN3O4/c1-2-32-23(29)20-6-10-22(11-7-20)26-24(30)28(18-19-4-8-21(25)9-5-19)13-3-12-27-14-16-31-17-15-27/h4-11H,2-3,12-18H2,1H3,(H,26,30). The molecule has 2 aromatic rings. The first-order valence-electron chi connectivity index (χ1n) is 10.9. The van der Waals surface area contributed by atoms with Crippen molar-refractivity contribution in [3.63, 3.8) is 0 Å². The molecule has 1 N–H and O–H groups in total. The average molecular weight is 444 g/mol. The van der Waals surface area contributed by atoms with Gasteiger partial charge < -0.3 is 19.7 Å². The van der Waals surface area contributed by atoms with Crippen molar-refractivity contribution in [1.82, 2.24) is 9.80 Å². The molecule has 0 unspecified atom stereocenters. The Balaban J connectivity index is 1.61. The van der Waals surface area contributed by atoms with Crippen LogP contribution in [0.4, 0.5) is 14.9 Å². The molecule has 1 heterocycles. The minimum atomic E-state index is -0.397. The van der Waals surface area contributed by atoms with E-state index < -0.39 is 5.97 Å². The summed E-state index contributed by atoms with van der Waals surface area (Å²) in [4.78, 5) is 28.8. The van der Waals surface area contributed by atoms with E-state index in [0.29, 0.717) is 30.9 Å². The van der Waals surface area contributed by atoms with Crippen molar-refractivity contribution in [2.24, 2.45) is 0 Å². The van der Waals surface area contributed by atoms with Gasteiger partial charge in [0.25, 0.3) is 0 Å². The molecule has 1 aliphatic heterocycles. The van der Waals surface area contributed by atoms with Gasteiger partial charge in [-0.05, 0) is 55.3 Å². The molecule has 1 fully saturated rings. The normalized spacial score (nSPS) is 14.1. The number of morpholine rings is 1. The second kappa shape index (κ2) is 12.2. The summed E-state index contributed by atoms with van der Waals surface area (Å²) in [7, 11) is 0. The molecular formula is C24H30FN3O4. The number of benzene rings is 2. The van der Waals surface area contributed by atoms with Gasteiger partial charge in [-0.15, -0.1) is 0 Å². The van der Waals surface area contributed by atoms with Crippen LogP contribution in [0.3, 0.4) is 0 Å². The van der Waals surface area contributed by atoms with Crippen LogP contribution in [0.2, 0.25) is 0 Å². The first-order valence-corrected chi connectivity index (χ1v) is 10.9. The van der Waals surface area contributed by atoms with Gasteiger partial charge in [-0.3, -0.25) is 4.90 Å². The highest BCUT2D eigenvalue weighted by Crippen LogP contribution is 2.14. The van der Waals surface area contributed by atoms with E-state index in [1.165, 1.54) is 12.1 Å². The van der Waals surface area contributed by atoms with E-state index in [4.69, 9.17) is 9.47 Å². The second-order valence-corrected chi connectivity index (χ2v) is 7.58. The maximum Gasteiger partial charge on any atom is 0.338 e. The summed E-state index contributed by atoms with van der Waals surface area (Å²) in [5, 5.41) is 2.89. The molecule has 172 valence electrons. The highest BCUT2D eigenvalue weighted by molar-refractivity contribution is 5.92. The van der Waals surface area contributed by atoms with Crippen LogP contribution in [0, 0.1) is 5.82 Å². The van der Waals surface area contributed by atoms with E-state index in [1.807, 2.05) is 0 Å². The van der Waals surface area contributed by atoms with Crippen LogP contribution < -0.4 is 5.32 Å². The molecule has 0 spiro atoms. The van der Waals surface area contributed by atoms with Crippen LogP contribution in [0.5, 0.6) is 0 Å². The van der Waals surface area contributed by atoms with Crippen LogP contribution in [0.15, 0.2) is 48.5 Å². The van der Waals surface area contributed by atoms with E-state index in [0.717, 1.165) is 44.8 Å². The lowest BCUT2D eigenvalue weighted by Crippen LogP contribution is -2.40. The lowest BCUT2D eigenvalue weighted by atomic mass is 10.2. The van der Waals surface area contributed by atoms with Crippen molar-refractivity contribution >= 4 is 17.7 Å². The van der Waals surface area contributed by atoms with Crippen molar-refractivity contribution in [2.75, 3.05) is 51.3 Å². The first-order chi connectivity index (χ1) is 15.5. The predicted octanol–water partition coefficient (Wildman–Crippen LogP) is 3.76. The van der Waals surface area contributed by atoms with E-state index in [2.05, 4.69) is 10.2 Å². The lowest BCUT2D eigenvalue weighted by molar-refractivity contribution is 0.0365. The topological polar surface area (TPSA) is 71.1 Å². The molecule has 0 atom stereocenters. The molecule has 0 aromatic heterocycles. The van der Waals surface area contributed by atoms with Crippen LogP contribution in [-0.2, 0) is 16.0 Å². The summed E-state index contributed by atoms with van der Waals surface area (Å²) < 4.78 is 23.6. The molecule has 2 amide bonds. The number of halogens is 1. The van der Waals surface area contributed by atoms with Gasteiger partial charge in [0.2, 0.25) is 0 Å². The van der Waals surface area contributed by atoms with Crippen molar-refractivity contribution < 1.29 is 23.5 Å². The van der Waals surface area contributed by atoms with Crippen molar-refractivity contribution in [3.8, 4) is 0 Å². The van der Waals surface area contributed by atoms with Gasteiger partial charge in [0.15, 0.2) is 0 Å². The van der Waals surface area contributed by atoms with Crippen molar-refractivity contribution in [3.05, 3.63) is 65.5 Å². The van der Waals surface area contributed by atoms with Gasteiger partial charge >= 0.3 is 12.0 Å². The van der Waals surface area contributed by atoms with Crippen LogP contribution in [0.25, 0.3) is 0 Å². The molecule has 0 bridgehead atoms. The third-order valence-electron chi connectivity index (χ3n) is 5.23. The summed E-state index contributed by atoms with van der Waals surface area (Å²) in [6, 6.07) is 12.5. The zero-order valence-electron chi connectivity index (χ0n) is 18.4. The Hall–Kier alpha value is -2.97. The number of hydrogen-bond acceptors (Lipinski definition) is 5. The molecule has 7 nitrogen and oxygen atoms in total. The molecule has 2 aromatic carbocycles. The van der Waals surface area contributed by atoms with Crippen molar-refractivity contribution in [2.45, 2.75) is 19.9 Å². The number of nitrogens with zero attached hydrogens (tertiary/aromatic N) is 2. The Morgan fingerprint density at radius 2 is 1.78 bits per heavy atom. The van der Waals surface area contributed by atoms with Gasteiger partial charge in [0.1, 0.15) is 5.82 Å². The number of carbonyl (C=O) groups excluding carboxylic acids is 2. The van der Waals surface area contributed by atoms with Crippen molar-refractivity contribution in [1.29, 1.82) is 0 Å². The maximum absolute atomic E-state index is 13.3. The quantitative estimate of drug-likeness (QED) is 0.598. The van der Waals surface area contributed by atoms with E-state index in [1.54, 1.807) is 48.2 Å². The Kier molecular flexibility index (Phi) is 9.01. The maximum atomic E-state index is 13.3. The Bertz CT molecular complexity index is 868. The summed E-state index contributed by atoms with van der Waals surface area (Å²) >= 11 is 0. The van der Waals surface area contributed by atoms with Gasteiger partial charge in [0.05, 0.1) is 25.4 Å². The van der Waals surface area contributed by atoms with E-state index in [9.17, 15) is 14.0 Å². The average Bonchev–Trinajstić information content (AvgIpc) is 2.81. The monoisotopic (exact) mass is 443 g/mol. The fourth-order valence-electron chi connectivity index (χ4n) is 3.48. The van der Waals surface area contributed by atoms with Crippen LogP contribution in [-0.4, -0.2) is 67.8 Å². The number of anilines is 1. The summed E-state index contributed by atoms with van der Waals surface area (Å²) in [5.41, 5.74) is 1.87. The SMILES string of the molecule is CCOC(=O)c1ccc(NC(=O)N(CCCN2CCOCC2)Cc2ccc(F)cc2)cc1. The molecule has 8 heteroatoms. The molecule has 0 aliphatic carbocycles. The fraction of sp³-hybridized carbons (Fsp3) is 0.417. The largest absolute Gasteiger partial charge is 0.462 e. The Morgan fingerprint density at radius 3 is 2.44 bits per heavy atom. The fourth-order valence-corrected chi connectivity index (χ4v) is 3.48. The smallest absolute Gasteiger partial charge is 0.338 e. The molecule has 1 aliphatic rings. The summed E-state index contributed by atoms with van der Waals surface area (Å²) in [6.45, 7) is 7.14. The minimum Gasteiger partial charge on any atom is -0.462 e. The number of amides is 2. The Labute approximate surface area is 188 Å². The molecule has 0 radical (unpaired) electrons. The van der Waals surface area contributed by atoms with E-state index >= 15 is 0 Å². The number of urea groups is 1. The highest BCUT2D eigenvalue weighted by atomic mass is 19.1. The summed E-state index contributed by atoms with van der Waals surface area (Å²) in [6.07, 6.45) is 0.816. The van der Waals surface area contributed by atoms with Gasteiger partial charge in [-0.2, -0.15) is 0 Å². The highest BCUT2D eigenvalue weighted by Gasteiger charge is 2.16. The number of hydrogen-bond donors (Lipinski definition) is 1. The molecule has 1 saturated heterocycles. The second-order valence-electron chi connectivity index (χ2n) is 7.58. The third-order valence-corrected chi connectivity index (χ3v) is 5.23.